The molecule has 0 bridgehead atoms. The van der Waals surface area contributed by atoms with Crippen molar-refractivity contribution in [3.63, 3.8) is 0 Å². The van der Waals surface area contributed by atoms with E-state index in [1.165, 1.54) is 11.8 Å². The van der Waals surface area contributed by atoms with Crippen LogP contribution in [-0.4, -0.2) is 45.5 Å². The zero-order valence-electron chi connectivity index (χ0n) is 18.3. The molecule has 2 N–H and O–H groups in total. The van der Waals surface area contributed by atoms with Crippen LogP contribution in [0.1, 0.15) is 33.6 Å². The lowest BCUT2D eigenvalue weighted by Gasteiger charge is -2.39. The molecule has 3 rings (SSSR count). The zero-order valence-corrected chi connectivity index (χ0v) is 19.8. The molecule has 0 radical (unpaired) electrons. The van der Waals surface area contributed by atoms with Crippen molar-refractivity contribution in [2.75, 3.05) is 13.1 Å². The fourth-order valence-corrected chi connectivity index (χ4v) is 4.67. The second-order valence-corrected chi connectivity index (χ2v) is 10.4. The molecule has 1 fully saturated rings. The molecule has 2 aromatic rings. The fourth-order valence-electron chi connectivity index (χ4n) is 3.29. The van der Waals surface area contributed by atoms with Gasteiger partial charge >= 0.3 is 6.09 Å². The first-order valence-electron chi connectivity index (χ1n) is 10.3. The summed E-state index contributed by atoms with van der Waals surface area (Å²) in [5.74, 6) is 0.838. The Kier molecular flexibility index (Phi) is 7.59. The molecule has 2 aromatic carbocycles. The van der Waals surface area contributed by atoms with Crippen molar-refractivity contribution < 1.29 is 24.3 Å². The van der Waals surface area contributed by atoms with Crippen LogP contribution in [0, 0.1) is 0 Å². The van der Waals surface area contributed by atoms with Gasteiger partial charge in [0.15, 0.2) is 0 Å². The molecular weight excluding hydrogens is 452 g/mol. The minimum absolute atomic E-state index is 0.354. The summed E-state index contributed by atoms with van der Waals surface area (Å²) in [6.45, 7) is 6.15. The molecular formula is C23H27ClN2O5S. The maximum absolute atomic E-state index is 12.6. The first-order valence-corrected chi connectivity index (χ1v) is 11.4. The Hall–Kier alpha value is -2.42. The number of hydrogen-bond acceptors (Lipinski definition) is 6. The fraction of sp³-hybridized carbons (Fsp3) is 0.391. The van der Waals surface area contributed by atoms with Crippen molar-refractivity contribution in [2.24, 2.45) is 0 Å². The van der Waals surface area contributed by atoms with Crippen LogP contribution in [0.5, 0.6) is 11.5 Å². The topological polar surface area (TPSA) is 88.1 Å². The third-order valence-corrected chi connectivity index (χ3v) is 6.67. The van der Waals surface area contributed by atoms with Crippen molar-refractivity contribution in [1.82, 2.24) is 10.4 Å². The second-order valence-electron chi connectivity index (χ2n) is 8.53. The van der Waals surface area contributed by atoms with Crippen molar-refractivity contribution >= 4 is 35.4 Å². The Morgan fingerprint density at radius 2 is 1.56 bits per heavy atom. The maximum atomic E-state index is 12.6. The van der Waals surface area contributed by atoms with Gasteiger partial charge in [-0.2, -0.15) is 0 Å². The average Bonchev–Trinajstić information content (AvgIpc) is 2.75. The van der Waals surface area contributed by atoms with Gasteiger partial charge in [-0.3, -0.25) is 10.0 Å². The number of benzene rings is 2. The summed E-state index contributed by atoms with van der Waals surface area (Å²) in [7, 11) is 0. The summed E-state index contributed by atoms with van der Waals surface area (Å²) in [5.41, 5.74) is 1.21. The predicted octanol–water partition coefficient (Wildman–Crippen LogP) is 5.50. The van der Waals surface area contributed by atoms with Crippen LogP contribution in [0.4, 0.5) is 4.79 Å². The Morgan fingerprint density at radius 3 is 2.06 bits per heavy atom. The minimum Gasteiger partial charge on any atom is -0.457 e. The van der Waals surface area contributed by atoms with Gasteiger partial charge in [-0.25, -0.2) is 10.3 Å². The number of carbonyl (C=O) groups excluding carboxylic acids is 2. The van der Waals surface area contributed by atoms with Crippen LogP contribution in [0.25, 0.3) is 0 Å². The number of hydroxylamine groups is 1. The zero-order chi connectivity index (χ0) is 23.4. The number of nitrogens with one attached hydrogen (secondary N) is 1. The van der Waals surface area contributed by atoms with E-state index in [1.807, 2.05) is 45.0 Å². The molecule has 0 spiro atoms. The molecule has 7 nitrogen and oxygen atoms in total. The standard InChI is InChI=1S/C23H27ClN2O5S/c1-22(2,3)31-21(28)26-14-12-23(13-15-26,20(27)25-29)32-19-10-8-18(9-11-19)30-17-6-4-16(24)5-7-17/h4-11,29H,12-15H2,1-3H3,(H,25,27). The molecule has 0 aliphatic carbocycles. The van der Waals surface area contributed by atoms with E-state index >= 15 is 0 Å². The molecule has 1 saturated heterocycles. The molecule has 1 aliphatic rings. The Bertz CT molecular complexity index is 936. The van der Waals surface area contributed by atoms with Crippen molar-refractivity contribution in [1.29, 1.82) is 0 Å². The molecule has 32 heavy (non-hydrogen) atoms. The summed E-state index contributed by atoms with van der Waals surface area (Å²) in [5, 5.41) is 9.97. The number of nitrogens with zero attached hydrogens (tertiary/aromatic N) is 1. The highest BCUT2D eigenvalue weighted by molar-refractivity contribution is 8.01. The molecule has 1 aliphatic heterocycles. The number of hydrogen-bond donors (Lipinski definition) is 2. The summed E-state index contributed by atoms with van der Waals surface area (Å²) in [4.78, 5) is 27.4. The normalized spacial score (nSPS) is 15.7. The molecule has 0 unspecified atom stereocenters. The number of halogens is 1. The van der Waals surface area contributed by atoms with Gasteiger partial charge < -0.3 is 14.4 Å². The average molecular weight is 479 g/mol. The van der Waals surface area contributed by atoms with Gasteiger partial charge in [-0.05, 0) is 82.1 Å². The molecule has 9 heteroatoms. The number of rotatable bonds is 5. The lowest BCUT2D eigenvalue weighted by atomic mass is 9.95. The summed E-state index contributed by atoms with van der Waals surface area (Å²) in [6, 6.07) is 14.4. The summed E-state index contributed by atoms with van der Waals surface area (Å²) in [6.07, 6.45) is 0.364. The van der Waals surface area contributed by atoms with Crippen molar-refractivity contribution in [3.8, 4) is 11.5 Å². The van der Waals surface area contributed by atoms with E-state index in [1.54, 1.807) is 34.6 Å². The van der Waals surface area contributed by atoms with Crippen LogP contribution >= 0.6 is 23.4 Å². The lowest BCUT2D eigenvalue weighted by Crippen LogP contribution is -2.53. The molecule has 1 heterocycles. The maximum Gasteiger partial charge on any atom is 0.410 e. The van der Waals surface area contributed by atoms with E-state index in [4.69, 9.17) is 21.1 Å². The van der Waals surface area contributed by atoms with E-state index in [2.05, 4.69) is 0 Å². The van der Waals surface area contributed by atoms with E-state index in [-0.39, 0.29) is 0 Å². The molecule has 172 valence electrons. The van der Waals surface area contributed by atoms with Crippen LogP contribution in [0.15, 0.2) is 53.4 Å². The number of ether oxygens (including phenoxy) is 2. The number of piperidine rings is 1. The summed E-state index contributed by atoms with van der Waals surface area (Å²) >= 11 is 7.26. The highest BCUT2D eigenvalue weighted by Crippen LogP contribution is 2.42. The minimum atomic E-state index is -0.897. The van der Waals surface area contributed by atoms with Gasteiger partial charge in [0.05, 0.1) is 0 Å². The van der Waals surface area contributed by atoms with Gasteiger partial charge in [0.1, 0.15) is 21.8 Å². The van der Waals surface area contributed by atoms with Crippen LogP contribution in [0.2, 0.25) is 5.02 Å². The monoisotopic (exact) mass is 478 g/mol. The highest BCUT2D eigenvalue weighted by Gasteiger charge is 2.44. The second kappa shape index (κ2) is 10.0. The smallest absolute Gasteiger partial charge is 0.410 e. The number of thioether (sulfide) groups is 1. The van der Waals surface area contributed by atoms with Gasteiger partial charge in [0.25, 0.3) is 5.91 Å². The van der Waals surface area contributed by atoms with Gasteiger partial charge in [-0.1, -0.05) is 11.6 Å². The van der Waals surface area contributed by atoms with E-state index < -0.39 is 22.3 Å². The van der Waals surface area contributed by atoms with Gasteiger partial charge in [0, 0.05) is 23.0 Å². The predicted molar refractivity (Wildman–Crippen MR) is 124 cm³/mol. The molecule has 0 aromatic heterocycles. The first kappa shape index (κ1) is 24.2. The third kappa shape index (κ3) is 6.31. The Balaban J connectivity index is 1.66. The lowest BCUT2D eigenvalue weighted by molar-refractivity contribution is -0.133. The van der Waals surface area contributed by atoms with Crippen molar-refractivity contribution in [2.45, 2.75) is 48.9 Å². The van der Waals surface area contributed by atoms with Gasteiger partial charge in [0.2, 0.25) is 0 Å². The highest BCUT2D eigenvalue weighted by atomic mass is 35.5. The third-order valence-electron chi connectivity index (χ3n) is 4.92. The van der Waals surface area contributed by atoms with E-state index in [0.29, 0.717) is 42.5 Å². The Morgan fingerprint density at radius 1 is 1.03 bits per heavy atom. The quantitative estimate of drug-likeness (QED) is 0.435. The SMILES string of the molecule is CC(C)(C)OC(=O)N1CCC(Sc2ccc(Oc3ccc(Cl)cc3)cc2)(C(=O)NO)CC1. The van der Waals surface area contributed by atoms with Crippen LogP contribution < -0.4 is 10.2 Å². The van der Waals surface area contributed by atoms with E-state index in [0.717, 1.165) is 4.90 Å². The van der Waals surface area contributed by atoms with Crippen LogP contribution in [0.3, 0.4) is 0 Å². The largest absolute Gasteiger partial charge is 0.457 e. The van der Waals surface area contributed by atoms with Crippen LogP contribution in [-0.2, 0) is 9.53 Å². The van der Waals surface area contributed by atoms with E-state index in [9.17, 15) is 14.8 Å². The Labute approximate surface area is 197 Å². The number of likely N-dealkylation sites (tertiary alicyclic amines) is 1. The molecule has 2 amide bonds. The first-order chi connectivity index (χ1) is 15.1. The molecule has 0 atom stereocenters. The van der Waals surface area contributed by atoms with Gasteiger partial charge in [-0.15, -0.1) is 11.8 Å². The summed E-state index contributed by atoms with van der Waals surface area (Å²) < 4.78 is 10.3. The molecule has 0 saturated carbocycles. The van der Waals surface area contributed by atoms with Crippen molar-refractivity contribution in [3.05, 3.63) is 53.6 Å². The number of carbonyl (C=O) groups is 2. The number of amides is 2.